The minimum absolute atomic E-state index is 0.0988. The quantitative estimate of drug-likeness (QED) is 0.668. The van der Waals surface area contributed by atoms with Gasteiger partial charge in [-0.15, -0.1) is 0 Å². The highest BCUT2D eigenvalue weighted by molar-refractivity contribution is 6.15. The van der Waals surface area contributed by atoms with E-state index in [0.717, 1.165) is 16.8 Å². The number of aromatic nitrogens is 1. The van der Waals surface area contributed by atoms with E-state index in [1.54, 1.807) is 26.5 Å². The molecular formula is C22H26N2O4. The molecule has 0 saturated carbocycles. The molecule has 6 heteroatoms. The SMILES string of the molecule is COc1cc2[nH]cc(C(=O)Nc3ccccc3C(C)(C)C)c2c(OC)c1OC. The molecule has 0 aliphatic heterocycles. The summed E-state index contributed by atoms with van der Waals surface area (Å²) >= 11 is 0. The van der Waals surface area contributed by atoms with Crippen LogP contribution in [-0.2, 0) is 5.41 Å². The van der Waals surface area contributed by atoms with Crippen LogP contribution in [0.4, 0.5) is 5.69 Å². The molecule has 0 spiro atoms. The molecule has 2 aromatic carbocycles. The molecule has 0 aliphatic rings. The van der Waals surface area contributed by atoms with Gasteiger partial charge in [0.05, 0.1) is 37.8 Å². The number of benzene rings is 2. The number of methoxy groups -OCH3 is 3. The molecule has 1 heterocycles. The van der Waals surface area contributed by atoms with E-state index in [1.165, 1.54) is 7.11 Å². The predicted octanol–water partition coefficient (Wildman–Crippen LogP) is 4.74. The summed E-state index contributed by atoms with van der Waals surface area (Å²) < 4.78 is 16.4. The van der Waals surface area contributed by atoms with Crippen molar-refractivity contribution in [3.05, 3.63) is 47.7 Å². The smallest absolute Gasteiger partial charge is 0.257 e. The molecule has 3 aromatic rings. The Kier molecular flexibility index (Phi) is 5.23. The van der Waals surface area contributed by atoms with Gasteiger partial charge in [0.15, 0.2) is 11.5 Å². The standard InChI is InChI=1S/C22H26N2O4/c1-22(2,3)14-9-7-8-10-15(14)24-21(25)13-12-23-16-11-17(26-4)19(27-5)20(28-6)18(13)16/h7-12,23H,1-6H3,(H,24,25). The minimum Gasteiger partial charge on any atom is -0.493 e. The van der Waals surface area contributed by atoms with Crippen molar-refractivity contribution in [2.75, 3.05) is 26.6 Å². The van der Waals surface area contributed by atoms with Crippen LogP contribution in [0, 0.1) is 0 Å². The number of ether oxygens (including phenoxy) is 3. The first-order valence-corrected chi connectivity index (χ1v) is 9.02. The average Bonchev–Trinajstić information content (AvgIpc) is 3.09. The lowest BCUT2D eigenvalue weighted by Crippen LogP contribution is -2.18. The Morgan fingerprint density at radius 2 is 1.68 bits per heavy atom. The van der Waals surface area contributed by atoms with Crippen molar-refractivity contribution in [3.8, 4) is 17.2 Å². The zero-order valence-electron chi connectivity index (χ0n) is 17.1. The molecule has 0 bridgehead atoms. The number of fused-ring (bicyclic) bond motifs is 1. The number of carbonyl (C=O) groups is 1. The van der Waals surface area contributed by atoms with Crippen molar-refractivity contribution in [1.29, 1.82) is 0 Å². The number of nitrogens with one attached hydrogen (secondary N) is 2. The Labute approximate surface area is 164 Å². The van der Waals surface area contributed by atoms with Crippen LogP contribution >= 0.6 is 0 Å². The van der Waals surface area contributed by atoms with Gasteiger partial charge in [-0.1, -0.05) is 39.0 Å². The molecule has 1 amide bonds. The lowest BCUT2D eigenvalue weighted by atomic mass is 9.86. The molecular weight excluding hydrogens is 356 g/mol. The summed E-state index contributed by atoms with van der Waals surface area (Å²) in [5.41, 5.74) is 2.95. The Balaban J connectivity index is 2.09. The first-order valence-electron chi connectivity index (χ1n) is 9.02. The number of H-pyrrole nitrogens is 1. The van der Waals surface area contributed by atoms with E-state index >= 15 is 0 Å². The summed E-state index contributed by atoms with van der Waals surface area (Å²) in [7, 11) is 4.64. The lowest BCUT2D eigenvalue weighted by molar-refractivity contribution is 0.102. The number of hydrogen-bond donors (Lipinski definition) is 2. The number of aromatic amines is 1. The maximum atomic E-state index is 13.1. The number of hydrogen-bond acceptors (Lipinski definition) is 4. The fraction of sp³-hybridized carbons (Fsp3) is 0.318. The van der Waals surface area contributed by atoms with Gasteiger partial charge in [0.2, 0.25) is 5.75 Å². The lowest BCUT2D eigenvalue weighted by Gasteiger charge is -2.23. The Morgan fingerprint density at radius 1 is 1.00 bits per heavy atom. The van der Waals surface area contributed by atoms with Crippen molar-refractivity contribution in [2.24, 2.45) is 0 Å². The third-order valence-corrected chi connectivity index (χ3v) is 4.70. The fourth-order valence-electron chi connectivity index (χ4n) is 3.37. The number of anilines is 1. The Bertz CT molecular complexity index is 1020. The molecule has 28 heavy (non-hydrogen) atoms. The van der Waals surface area contributed by atoms with Gasteiger partial charge < -0.3 is 24.5 Å². The van der Waals surface area contributed by atoms with E-state index < -0.39 is 0 Å². The second-order valence-corrected chi connectivity index (χ2v) is 7.52. The van der Waals surface area contributed by atoms with Crippen LogP contribution in [-0.4, -0.2) is 32.2 Å². The second-order valence-electron chi connectivity index (χ2n) is 7.52. The van der Waals surface area contributed by atoms with Gasteiger partial charge in [-0.25, -0.2) is 0 Å². The summed E-state index contributed by atoms with van der Waals surface area (Å²) in [6, 6.07) is 9.61. The number of rotatable bonds is 5. The van der Waals surface area contributed by atoms with Crippen molar-refractivity contribution in [3.63, 3.8) is 0 Å². The van der Waals surface area contributed by atoms with Crippen molar-refractivity contribution in [2.45, 2.75) is 26.2 Å². The summed E-state index contributed by atoms with van der Waals surface area (Å²) in [6.45, 7) is 6.34. The van der Waals surface area contributed by atoms with Gasteiger partial charge in [-0.05, 0) is 17.0 Å². The molecule has 6 nitrogen and oxygen atoms in total. The van der Waals surface area contributed by atoms with Gasteiger partial charge in [-0.2, -0.15) is 0 Å². The van der Waals surface area contributed by atoms with E-state index in [0.29, 0.717) is 28.2 Å². The van der Waals surface area contributed by atoms with Crippen LogP contribution < -0.4 is 19.5 Å². The second kappa shape index (κ2) is 7.46. The summed E-state index contributed by atoms with van der Waals surface area (Å²) in [5, 5.41) is 3.69. The molecule has 0 unspecified atom stereocenters. The number of carbonyl (C=O) groups excluding carboxylic acids is 1. The number of para-hydroxylation sites is 1. The third-order valence-electron chi connectivity index (χ3n) is 4.70. The largest absolute Gasteiger partial charge is 0.493 e. The summed E-state index contributed by atoms with van der Waals surface area (Å²) in [5.74, 6) is 1.20. The van der Waals surface area contributed by atoms with Gasteiger partial charge in [0.25, 0.3) is 5.91 Å². The monoisotopic (exact) mass is 382 g/mol. The Hall–Kier alpha value is -3.15. The fourth-order valence-corrected chi connectivity index (χ4v) is 3.37. The summed E-state index contributed by atoms with van der Waals surface area (Å²) in [4.78, 5) is 16.3. The first-order chi connectivity index (χ1) is 13.3. The predicted molar refractivity (Wildman–Crippen MR) is 111 cm³/mol. The van der Waals surface area contributed by atoms with Crippen LogP contribution in [0.25, 0.3) is 10.9 Å². The molecule has 0 fully saturated rings. The third kappa shape index (κ3) is 3.38. The molecule has 3 rings (SSSR count). The van der Waals surface area contributed by atoms with Crippen molar-refractivity contribution in [1.82, 2.24) is 4.98 Å². The topological polar surface area (TPSA) is 72.6 Å². The van der Waals surface area contributed by atoms with Crippen LogP contribution in [0.2, 0.25) is 0 Å². The summed E-state index contributed by atoms with van der Waals surface area (Å²) in [6.07, 6.45) is 1.67. The van der Waals surface area contributed by atoms with Crippen LogP contribution in [0.1, 0.15) is 36.7 Å². The highest BCUT2D eigenvalue weighted by Crippen LogP contribution is 2.44. The normalized spacial score (nSPS) is 11.4. The number of amides is 1. The van der Waals surface area contributed by atoms with E-state index in [9.17, 15) is 4.79 Å². The highest BCUT2D eigenvalue weighted by Gasteiger charge is 2.24. The van der Waals surface area contributed by atoms with E-state index in [1.807, 2.05) is 24.3 Å². The molecule has 0 saturated heterocycles. The van der Waals surface area contributed by atoms with Gasteiger partial charge >= 0.3 is 0 Å². The van der Waals surface area contributed by atoms with Crippen LogP contribution in [0.3, 0.4) is 0 Å². The molecule has 2 N–H and O–H groups in total. The van der Waals surface area contributed by atoms with Gasteiger partial charge in [0.1, 0.15) is 0 Å². The first kappa shape index (κ1) is 19.6. The van der Waals surface area contributed by atoms with Crippen LogP contribution in [0.5, 0.6) is 17.2 Å². The van der Waals surface area contributed by atoms with Gasteiger partial charge in [-0.3, -0.25) is 4.79 Å². The van der Waals surface area contributed by atoms with Crippen LogP contribution in [0.15, 0.2) is 36.5 Å². The van der Waals surface area contributed by atoms with Gasteiger partial charge in [0, 0.05) is 18.0 Å². The molecule has 0 radical (unpaired) electrons. The zero-order chi connectivity index (χ0) is 20.5. The average molecular weight is 382 g/mol. The molecule has 0 atom stereocenters. The van der Waals surface area contributed by atoms with E-state index in [-0.39, 0.29) is 11.3 Å². The van der Waals surface area contributed by atoms with Crippen molar-refractivity contribution < 1.29 is 19.0 Å². The maximum Gasteiger partial charge on any atom is 0.257 e. The van der Waals surface area contributed by atoms with E-state index in [4.69, 9.17) is 14.2 Å². The molecule has 0 aliphatic carbocycles. The Morgan fingerprint density at radius 3 is 2.29 bits per heavy atom. The minimum atomic E-state index is -0.228. The molecule has 148 valence electrons. The van der Waals surface area contributed by atoms with E-state index in [2.05, 4.69) is 31.1 Å². The highest BCUT2D eigenvalue weighted by atomic mass is 16.5. The van der Waals surface area contributed by atoms with Crippen molar-refractivity contribution >= 4 is 22.5 Å². The maximum absolute atomic E-state index is 13.1. The molecule has 1 aromatic heterocycles. The zero-order valence-corrected chi connectivity index (χ0v) is 17.1.